The molecular formula is C33H30ClN3O5. The number of amides is 3. The van der Waals surface area contributed by atoms with Gasteiger partial charge in [0, 0.05) is 11.4 Å². The molecule has 0 aliphatic heterocycles. The number of ether oxygens (including phenoxy) is 1. The Morgan fingerprint density at radius 1 is 0.690 bits per heavy atom. The van der Waals surface area contributed by atoms with Crippen molar-refractivity contribution < 1.29 is 23.9 Å². The standard InChI is InChI=1S/C33H30ClN3O5/c1-2-42-33(41)29(20-22-10-4-3-5-11-22)37-32(40)26-13-7-9-15-28(26)36-31(39)25-12-6-8-14-27(25)35-30(38)21-23-16-18-24(34)19-17-23/h3-19,29H,2,20-21H2,1H3,(H,35,38)(H,36,39)(H,37,40). The van der Waals surface area contributed by atoms with E-state index in [4.69, 9.17) is 16.3 Å². The van der Waals surface area contributed by atoms with E-state index in [-0.39, 0.29) is 42.2 Å². The fourth-order valence-corrected chi connectivity index (χ4v) is 4.40. The van der Waals surface area contributed by atoms with Crippen LogP contribution in [0.3, 0.4) is 0 Å². The normalized spacial score (nSPS) is 11.2. The Hall–Kier alpha value is -4.95. The number of hydrogen-bond acceptors (Lipinski definition) is 5. The van der Waals surface area contributed by atoms with E-state index in [0.29, 0.717) is 10.7 Å². The molecule has 9 heteroatoms. The van der Waals surface area contributed by atoms with Gasteiger partial charge in [-0.2, -0.15) is 0 Å². The van der Waals surface area contributed by atoms with E-state index in [1.807, 2.05) is 30.3 Å². The van der Waals surface area contributed by atoms with Crippen molar-refractivity contribution in [2.75, 3.05) is 17.2 Å². The number of carbonyl (C=O) groups is 4. The monoisotopic (exact) mass is 583 g/mol. The Morgan fingerprint density at radius 2 is 1.26 bits per heavy atom. The minimum Gasteiger partial charge on any atom is -0.464 e. The molecule has 4 aromatic rings. The molecule has 0 saturated carbocycles. The molecule has 0 aliphatic rings. The highest BCUT2D eigenvalue weighted by molar-refractivity contribution is 6.30. The summed E-state index contributed by atoms with van der Waals surface area (Å²) in [7, 11) is 0. The smallest absolute Gasteiger partial charge is 0.328 e. The summed E-state index contributed by atoms with van der Waals surface area (Å²) < 4.78 is 5.19. The van der Waals surface area contributed by atoms with Gasteiger partial charge in [-0.3, -0.25) is 14.4 Å². The average Bonchev–Trinajstić information content (AvgIpc) is 2.99. The SMILES string of the molecule is CCOC(=O)C(Cc1ccccc1)NC(=O)c1ccccc1NC(=O)c1ccccc1NC(=O)Cc1ccc(Cl)cc1. The Labute approximate surface area is 249 Å². The highest BCUT2D eigenvalue weighted by atomic mass is 35.5. The summed E-state index contributed by atoms with van der Waals surface area (Å²) >= 11 is 5.92. The van der Waals surface area contributed by atoms with Gasteiger partial charge >= 0.3 is 5.97 Å². The third kappa shape index (κ3) is 8.28. The number of benzene rings is 4. The lowest BCUT2D eigenvalue weighted by molar-refractivity contribution is -0.145. The zero-order valence-electron chi connectivity index (χ0n) is 22.9. The van der Waals surface area contributed by atoms with E-state index >= 15 is 0 Å². The summed E-state index contributed by atoms with van der Waals surface area (Å²) in [6.07, 6.45) is 0.337. The van der Waals surface area contributed by atoms with Crippen molar-refractivity contribution in [3.8, 4) is 0 Å². The van der Waals surface area contributed by atoms with Gasteiger partial charge in [0.2, 0.25) is 5.91 Å². The molecule has 4 aromatic carbocycles. The van der Waals surface area contributed by atoms with Gasteiger partial charge in [-0.05, 0) is 54.4 Å². The van der Waals surface area contributed by atoms with Crippen molar-refractivity contribution >= 4 is 46.7 Å². The fraction of sp³-hybridized carbons (Fsp3) is 0.152. The van der Waals surface area contributed by atoms with Crippen LogP contribution in [0.5, 0.6) is 0 Å². The van der Waals surface area contributed by atoms with Crippen molar-refractivity contribution in [2.24, 2.45) is 0 Å². The Bertz CT molecular complexity index is 1560. The molecule has 0 aliphatic carbocycles. The first-order valence-corrected chi connectivity index (χ1v) is 13.8. The third-order valence-corrected chi connectivity index (χ3v) is 6.55. The van der Waals surface area contributed by atoms with E-state index in [2.05, 4.69) is 16.0 Å². The first-order valence-electron chi connectivity index (χ1n) is 13.4. The van der Waals surface area contributed by atoms with Crippen LogP contribution in [0, 0.1) is 0 Å². The number of esters is 1. The zero-order chi connectivity index (χ0) is 29.9. The molecule has 0 aromatic heterocycles. The van der Waals surface area contributed by atoms with Crippen molar-refractivity contribution in [1.82, 2.24) is 5.32 Å². The largest absolute Gasteiger partial charge is 0.464 e. The summed E-state index contributed by atoms with van der Waals surface area (Å²) in [4.78, 5) is 52.1. The Balaban J connectivity index is 1.49. The van der Waals surface area contributed by atoms with Gasteiger partial charge in [0.05, 0.1) is 35.5 Å². The summed E-state index contributed by atoms with van der Waals surface area (Å²) in [6.45, 7) is 1.87. The van der Waals surface area contributed by atoms with E-state index in [1.165, 1.54) is 0 Å². The summed E-state index contributed by atoms with van der Waals surface area (Å²) in [6, 6.07) is 28.3. The topological polar surface area (TPSA) is 114 Å². The fourth-order valence-electron chi connectivity index (χ4n) is 4.27. The lowest BCUT2D eigenvalue weighted by Crippen LogP contribution is -2.43. The second-order valence-electron chi connectivity index (χ2n) is 9.36. The first-order chi connectivity index (χ1) is 20.3. The Morgan fingerprint density at radius 3 is 1.90 bits per heavy atom. The van der Waals surface area contributed by atoms with Crippen LogP contribution in [0.2, 0.25) is 5.02 Å². The van der Waals surface area contributed by atoms with Gasteiger partial charge in [-0.1, -0.05) is 78.3 Å². The van der Waals surface area contributed by atoms with Crippen molar-refractivity contribution in [3.63, 3.8) is 0 Å². The van der Waals surface area contributed by atoms with Gasteiger partial charge in [0.25, 0.3) is 11.8 Å². The van der Waals surface area contributed by atoms with Gasteiger partial charge in [0.15, 0.2) is 0 Å². The predicted molar refractivity (Wildman–Crippen MR) is 163 cm³/mol. The van der Waals surface area contributed by atoms with Crippen LogP contribution in [0.15, 0.2) is 103 Å². The molecule has 4 rings (SSSR count). The van der Waals surface area contributed by atoms with Crippen molar-refractivity contribution in [1.29, 1.82) is 0 Å². The number of para-hydroxylation sites is 2. The maximum absolute atomic E-state index is 13.4. The van der Waals surface area contributed by atoms with Gasteiger partial charge in [-0.25, -0.2) is 4.79 Å². The molecule has 42 heavy (non-hydrogen) atoms. The lowest BCUT2D eigenvalue weighted by atomic mass is 10.0. The summed E-state index contributed by atoms with van der Waals surface area (Å²) in [5.41, 5.74) is 2.56. The molecule has 0 spiro atoms. The van der Waals surface area contributed by atoms with Crippen LogP contribution in [-0.2, 0) is 27.2 Å². The molecule has 0 heterocycles. The highest BCUT2D eigenvalue weighted by Gasteiger charge is 2.25. The number of hydrogen-bond donors (Lipinski definition) is 3. The van der Waals surface area contributed by atoms with E-state index in [9.17, 15) is 19.2 Å². The van der Waals surface area contributed by atoms with Crippen LogP contribution in [0.1, 0.15) is 38.8 Å². The van der Waals surface area contributed by atoms with Crippen LogP contribution in [0.4, 0.5) is 11.4 Å². The van der Waals surface area contributed by atoms with Crippen molar-refractivity contribution in [3.05, 3.63) is 130 Å². The number of carbonyl (C=O) groups excluding carboxylic acids is 4. The van der Waals surface area contributed by atoms with E-state index in [1.54, 1.807) is 79.7 Å². The average molecular weight is 584 g/mol. The number of halogens is 1. The predicted octanol–water partition coefficient (Wildman–Crippen LogP) is 5.68. The number of anilines is 2. The number of nitrogens with one attached hydrogen (secondary N) is 3. The lowest BCUT2D eigenvalue weighted by Gasteiger charge is -2.19. The molecule has 0 fully saturated rings. The maximum atomic E-state index is 13.4. The quantitative estimate of drug-likeness (QED) is 0.197. The molecule has 0 radical (unpaired) electrons. The Kier molecular flexibility index (Phi) is 10.4. The third-order valence-electron chi connectivity index (χ3n) is 6.30. The second-order valence-corrected chi connectivity index (χ2v) is 9.80. The molecule has 214 valence electrons. The minimum atomic E-state index is -0.930. The molecular weight excluding hydrogens is 554 g/mol. The second kappa shape index (κ2) is 14.6. The molecule has 0 saturated heterocycles. The van der Waals surface area contributed by atoms with Crippen LogP contribution in [0.25, 0.3) is 0 Å². The number of rotatable bonds is 11. The molecule has 1 unspecified atom stereocenters. The molecule has 0 bridgehead atoms. The van der Waals surface area contributed by atoms with E-state index in [0.717, 1.165) is 11.1 Å². The minimum absolute atomic E-state index is 0.0980. The summed E-state index contributed by atoms with van der Waals surface area (Å²) in [5, 5.41) is 8.89. The molecule has 3 N–H and O–H groups in total. The summed E-state index contributed by atoms with van der Waals surface area (Å²) in [5.74, 6) is -1.94. The first kappa shape index (κ1) is 30.0. The van der Waals surface area contributed by atoms with E-state index < -0.39 is 23.8 Å². The van der Waals surface area contributed by atoms with Crippen LogP contribution in [-0.4, -0.2) is 36.3 Å². The molecule has 1 atom stereocenters. The van der Waals surface area contributed by atoms with Gasteiger partial charge < -0.3 is 20.7 Å². The van der Waals surface area contributed by atoms with Crippen molar-refractivity contribution in [2.45, 2.75) is 25.8 Å². The zero-order valence-corrected chi connectivity index (χ0v) is 23.7. The van der Waals surface area contributed by atoms with Crippen LogP contribution >= 0.6 is 11.6 Å². The van der Waals surface area contributed by atoms with Crippen LogP contribution < -0.4 is 16.0 Å². The van der Waals surface area contributed by atoms with Gasteiger partial charge in [-0.15, -0.1) is 0 Å². The molecule has 8 nitrogen and oxygen atoms in total. The maximum Gasteiger partial charge on any atom is 0.328 e. The van der Waals surface area contributed by atoms with Gasteiger partial charge in [0.1, 0.15) is 6.04 Å². The highest BCUT2D eigenvalue weighted by Crippen LogP contribution is 2.21. The molecule has 3 amide bonds.